The third-order valence-corrected chi connectivity index (χ3v) is 0.922. The highest BCUT2D eigenvalue weighted by Crippen LogP contribution is 2.06. The Hall–Kier alpha value is -1.39. The van der Waals surface area contributed by atoms with E-state index in [0.29, 0.717) is 0 Å². The van der Waals surface area contributed by atoms with E-state index < -0.39 is 11.7 Å². The van der Waals surface area contributed by atoms with Crippen molar-refractivity contribution in [2.75, 3.05) is 7.11 Å². The first kappa shape index (κ1) is 11.6. The van der Waals surface area contributed by atoms with E-state index in [2.05, 4.69) is 10.1 Å². The summed E-state index contributed by atoms with van der Waals surface area (Å²) in [4.78, 5) is 10.9. The number of nitrogens with one attached hydrogen (secondary N) is 1. The van der Waals surface area contributed by atoms with Gasteiger partial charge >= 0.3 is 6.09 Å². The van der Waals surface area contributed by atoms with Crippen LogP contribution in [0.25, 0.3) is 0 Å². The van der Waals surface area contributed by atoms with Crippen LogP contribution in [0.15, 0.2) is 12.1 Å². The van der Waals surface area contributed by atoms with E-state index in [1.165, 1.54) is 7.11 Å². The summed E-state index contributed by atoms with van der Waals surface area (Å²) in [5, 5.41) is 11.0. The number of aliphatic hydroxyl groups is 1. The van der Waals surface area contributed by atoms with Gasteiger partial charge < -0.3 is 14.6 Å². The molecule has 0 saturated carbocycles. The second-order valence-corrected chi connectivity index (χ2v) is 3.33. The maximum atomic E-state index is 10.9. The Balaban J connectivity index is 3.90. The van der Waals surface area contributed by atoms with Crippen LogP contribution in [0.5, 0.6) is 0 Å². The van der Waals surface area contributed by atoms with Crippen molar-refractivity contribution in [2.24, 2.45) is 0 Å². The van der Waals surface area contributed by atoms with Crippen LogP contribution in [-0.4, -0.2) is 23.9 Å². The maximum Gasteiger partial charge on any atom is 0.411 e. The molecule has 76 valence electrons. The van der Waals surface area contributed by atoms with Crippen molar-refractivity contribution in [2.45, 2.75) is 26.4 Å². The van der Waals surface area contributed by atoms with E-state index in [-0.39, 0.29) is 5.95 Å². The molecule has 0 saturated heterocycles. The van der Waals surface area contributed by atoms with Crippen LogP contribution in [0.1, 0.15) is 20.8 Å². The highest BCUT2D eigenvalue weighted by molar-refractivity contribution is 5.68. The zero-order valence-corrected chi connectivity index (χ0v) is 8.25. The van der Waals surface area contributed by atoms with Crippen LogP contribution in [0.4, 0.5) is 4.79 Å². The number of alkyl carbamates (subject to hydrolysis) is 1. The quantitative estimate of drug-likeness (QED) is 0.646. The lowest BCUT2D eigenvalue weighted by atomic mass is 10.2. The molecule has 2 N–H and O–H groups in total. The fourth-order valence-electron chi connectivity index (χ4n) is 0.487. The molecular formula is C8H15NO4. The van der Waals surface area contributed by atoms with E-state index in [1.54, 1.807) is 20.8 Å². The van der Waals surface area contributed by atoms with Crippen molar-refractivity contribution in [3.63, 3.8) is 0 Å². The molecular weight excluding hydrogens is 174 g/mol. The van der Waals surface area contributed by atoms with Gasteiger partial charge in [-0.3, -0.25) is 5.32 Å². The summed E-state index contributed by atoms with van der Waals surface area (Å²) in [5.41, 5.74) is -0.555. The van der Waals surface area contributed by atoms with Gasteiger partial charge in [0.1, 0.15) is 5.60 Å². The van der Waals surface area contributed by atoms with Gasteiger partial charge in [0.05, 0.1) is 13.3 Å². The molecule has 0 unspecified atom stereocenters. The van der Waals surface area contributed by atoms with E-state index in [4.69, 9.17) is 9.84 Å². The lowest BCUT2D eigenvalue weighted by Gasteiger charge is -2.18. The number of ether oxygens (including phenoxy) is 2. The topological polar surface area (TPSA) is 67.8 Å². The Labute approximate surface area is 77.3 Å². The number of carbonyl (C=O) groups is 1. The van der Waals surface area contributed by atoms with Crippen molar-refractivity contribution in [1.82, 2.24) is 5.32 Å². The second kappa shape index (κ2) is 4.59. The summed E-state index contributed by atoms with van der Waals surface area (Å²) in [5.74, 6) is -0.383. The number of amides is 1. The van der Waals surface area contributed by atoms with Crippen molar-refractivity contribution in [1.29, 1.82) is 0 Å². The largest absolute Gasteiger partial charge is 0.480 e. The third kappa shape index (κ3) is 6.99. The predicted octanol–water partition coefficient (Wildman–Crippen LogP) is 1.51. The van der Waals surface area contributed by atoms with E-state index in [1.807, 2.05) is 0 Å². The highest BCUT2D eigenvalue weighted by atomic mass is 16.6. The third-order valence-electron chi connectivity index (χ3n) is 0.922. The molecule has 13 heavy (non-hydrogen) atoms. The Morgan fingerprint density at radius 2 is 2.00 bits per heavy atom. The Morgan fingerprint density at radius 1 is 1.46 bits per heavy atom. The molecule has 0 heterocycles. The van der Waals surface area contributed by atoms with Gasteiger partial charge in [-0.2, -0.15) is 0 Å². The van der Waals surface area contributed by atoms with Crippen LogP contribution in [0, 0.1) is 0 Å². The van der Waals surface area contributed by atoms with Gasteiger partial charge in [0.15, 0.2) is 0 Å². The molecule has 1 amide bonds. The predicted molar refractivity (Wildman–Crippen MR) is 47.1 cm³/mol. The molecule has 0 spiro atoms. The summed E-state index contributed by atoms with van der Waals surface area (Å²) >= 11 is 0. The average molecular weight is 189 g/mol. The van der Waals surface area contributed by atoms with Gasteiger partial charge in [0.25, 0.3) is 5.95 Å². The molecule has 0 rings (SSSR count). The Morgan fingerprint density at radius 3 is 2.38 bits per heavy atom. The summed E-state index contributed by atoms with van der Waals surface area (Å²) in [7, 11) is 1.28. The Kier molecular flexibility index (Phi) is 4.10. The van der Waals surface area contributed by atoms with Crippen LogP contribution < -0.4 is 5.32 Å². The van der Waals surface area contributed by atoms with Gasteiger partial charge in [0, 0.05) is 0 Å². The van der Waals surface area contributed by atoms with Crippen molar-refractivity contribution in [3.8, 4) is 0 Å². The minimum Gasteiger partial charge on any atom is -0.480 e. The minimum atomic E-state index is -0.643. The number of hydrogen-bond donors (Lipinski definition) is 2. The lowest BCUT2D eigenvalue weighted by molar-refractivity contribution is 0.0540. The van der Waals surface area contributed by atoms with Gasteiger partial charge in [-0.25, -0.2) is 4.79 Å². The molecule has 0 aromatic carbocycles. The van der Waals surface area contributed by atoms with Gasteiger partial charge in [-0.15, -0.1) is 0 Å². The molecule has 0 atom stereocenters. The highest BCUT2D eigenvalue weighted by Gasteiger charge is 2.15. The second-order valence-electron chi connectivity index (χ2n) is 3.33. The summed E-state index contributed by atoms with van der Waals surface area (Å²) in [6, 6.07) is 0. The number of aliphatic hydroxyl groups excluding tert-OH is 1. The minimum absolute atomic E-state index is 0.383. The fraction of sp³-hybridized carbons (Fsp3) is 0.625. The first-order valence-corrected chi connectivity index (χ1v) is 3.78. The number of hydrogen-bond acceptors (Lipinski definition) is 4. The molecule has 0 fully saturated rings. The number of carbonyl (C=O) groups excluding carboxylic acids is 1. The molecule has 0 aliphatic carbocycles. The summed E-state index contributed by atoms with van der Waals surface area (Å²) in [6.45, 7) is 5.23. The standard InChI is InChI=1S/C8H15NO4/c1-8(2,3)13-7(11)9-5-6(10)12-4/h5,10H,1-4H3,(H,9,11). The normalized spacial score (nSPS) is 12.2. The Bertz CT molecular complexity index is 205. The van der Waals surface area contributed by atoms with Crippen molar-refractivity contribution < 1.29 is 19.4 Å². The molecule has 0 aromatic heterocycles. The van der Waals surface area contributed by atoms with E-state index in [9.17, 15) is 4.79 Å². The molecule has 0 aromatic rings. The van der Waals surface area contributed by atoms with Crippen LogP contribution in [0.2, 0.25) is 0 Å². The van der Waals surface area contributed by atoms with Gasteiger partial charge in [-0.1, -0.05) is 0 Å². The fourth-order valence-corrected chi connectivity index (χ4v) is 0.487. The molecule has 0 aliphatic heterocycles. The molecule has 5 heteroatoms. The smallest absolute Gasteiger partial charge is 0.411 e. The van der Waals surface area contributed by atoms with E-state index >= 15 is 0 Å². The number of methoxy groups -OCH3 is 1. The van der Waals surface area contributed by atoms with Crippen LogP contribution >= 0.6 is 0 Å². The molecule has 5 nitrogen and oxygen atoms in total. The zero-order valence-electron chi connectivity index (χ0n) is 8.25. The molecule has 0 radical (unpaired) electrons. The van der Waals surface area contributed by atoms with E-state index in [0.717, 1.165) is 6.20 Å². The van der Waals surface area contributed by atoms with Crippen LogP contribution in [0.3, 0.4) is 0 Å². The summed E-state index contributed by atoms with van der Waals surface area (Å²) < 4.78 is 9.25. The summed E-state index contributed by atoms with van der Waals surface area (Å²) in [6.07, 6.45) is 0.366. The molecule has 0 bridgehead atoms. The molecule has 0 aliphatic rings. The average Bonchev–Trinajstić information content (AvgIpc) is 1.97. The monoisotopic (exact) mass is 189 g/mol. The number of rotatable bonds is 2. The maximum absolute atomic E-state index is 10.9. The SMILES string of the molecule is COC(O)=CNC(=O)OC(C)(C)C. The lowest BCUT2D eigenvalue weighted by Crippen LogP contribution is -2.30. The van der Waals surface area contributed by atoms with Gasteiger partial charge in [-0.05, 0) is 20.8 Å². The van der Waals surface area contributed by atoms with Gasteiger partial charge in [0.2, 0.25) is 0 Å². The van der Waals surface area contributed by atoms with Crippen molar-refractivity contribution >= 4 is 6.09 Å². The first-order chi connectivity index (χ1) is 5.85. The van der Waals surface area contributed by atoms with Crippen LogP contribution in [-0.2, 0) is 9.47 Å². The van der Waals surface area contributed by atoms with Crippen molar-refractivity contribution in [3.05, 3.63) is 12.1 Å². The first-order valence-electron chi connectivity index (χ1n) is 3.78. The zero-order chi connectivity index (χ0) is 10.5.